The summed E-state index contributed by atoms with van der Waals surface area (Å²) in [6, 6.07) is -1.08. The molecule has 0 bridgehead atoms. The molecule has 3 rings (SSSR count). The summed E-state index contributed by atoms with van der Waals surface area (Å²) in [6.45, 7) is 15.3. The van der Waals surface area contributed by atoms with Crippen LogP contribution in [0.25, 0.3) is 0 Å². The lowest BCUT2D eigenvalue weighted by Gasteiger charge is -2.42. The zero-order valence-corrected chi connectivity index (χ0v) is 31.4. The molecule has 286 valence electrons. The molecule has 0 aromatic heterocycles. The topological polar surface area (TPSA) is 195 Å². The summed E-state index contributed by atoms with van der Waals surface area (Å²) in [5.41, 5.74) is 6.28. The van der Waals surface area contributed by atoms with Crippen LogP contribution < -0.4 is 27.0 Å². The molecule has 4 amide bonds. The molecule has 0 aromatic rings. The maximum atomic E-state index is 13.1. The van der Waals surface area contributed by atoms with Crippen LogP contribution in [0.1, 0.15) is 93.4 Å². The molecular formula is C36H63N5O9. The molecule has 14 heteroatoms. The first-order chi connectivity index (χ1) is 23.6. The van der Waals surface area contributed by atoms with Gasteiger partial charge in [-0.3, -0.25) is 9.59 Å². The summed E-state index contributed by atoms with van der Waals surface area (Å²) in [5, 5.41) is 11.0. The van der Waals surface area contributed by atoms with E-state index in [9.17, 15) is 19.2 Å². The number of alkyl carbamates (subject to hydrolysis) is 2. The molecule has 0 radical (unpaired) electrons. The third-order valence-electron chi connectivity index (χ3n) is 10.1. The summed E-state index contributed by atoms with van der Waals surface area (Å²) in [6.07, 6.45) is 5.70. The van der Waals surface area contributed by atoms with Crippen LogP contribution in [-0.2, 0) is 33.3 Å². The molecule has 2 saturated heterocycles. The Balaban J connectivity index is 1.32. The van der Waals surface area contributed by atoms with Crippen molar-refractivity contribution in [3.63, 3.8) is 0 Å². The van der Waals surface area contributed by atoms with Crippen molar-refractivity contribution in [2.75, 3.05) is 40.0 Å². The Morgan fingerprint density at radius 2 is 1.62 bits per heavy atom. The number of carbonyl (C=O) groups excluding carboxylic acids is 4. The highest BCUT2D eigenvalue weighted by Gasteiger charge is 2.72. The Morgan fingerprint density at radius 1 is 0.960 bits per heavy atom. The van der Waals surface area contributed by atoms with Gasteiger partial charge in [0.15, 0.2) is 0 Å². The highest BCUT2D eigenvalue weighted by atomic mass is 16.6. The number of nitrogens with one attached hydrogen (secondary N) is 4. The third-order valence-corrected chi connectivity index (χ3v) is 10.1. The Kier molecular flexibility index (Phi) is 15.8. The smallest absolute Gasteiger partial charge is 0.407 e. The Bertz CT molecular complexity index is 1170. The molecule has 50 heavy (non-hydrogen) atoms. The molecule has 1 saturated carbocycles. The second-order valence-electron chi connectivity index (χ2n) is 15.1. The van der Waals surface area contributed by atoms with Gasteiger partial charge < -0.3 is 50.7 Å². The number of carbonyl (C=O) groups is 4. The van der Waals surface area contributed by atoms with Gasteiger partial charge in [0.25, 0.3) is 0 Å². The molecule has 0 aromatic carbocycles. The zero-order chi connectivity index (χ0) is 37.1. The van der Waals surface area contributed by atoms with Gasteiger partial charge in [0.05, 0.1) is 37.3 Å². The molecule has 1 spiro atoms. The van der Waals surface area contributed by atoms with Gasteiger partial charge in [0, 0.05) is 20.2 Å². The van der Waals surface area contributed by atoms with E-state index in [4.69, 9.17) is 29.4 Å². The molecular weight excluding hydrogens is 646 g/mol. The minimum atomic E-state index is -0.639. The number of hydrogen-bond donors (Lipinski definition) is 5. The highest BCUT2D eigenvalue weighted by Crippen LogP contribution is 2.59. The molecule has 14 nitrogen and oxygen atoms in total. The summed E-state index contributed by atoms with van der Waals surface area (Å²) in [4.78, 5) is 49.3. The fourth-order valence-corrected chi connectivity index (χ4v) is 6.68. The quantitative estimate of drug-likeness (QED) is 0.0711. The molecule has 8 atom stereocenters. The minimum Gasteiger partial charge on any atom is -0.447 e. The maximum Gasteiger partial charge on any atom is 0.407 e. The maximum absolute atomic E-state index is 13.1. The second kappa shape index (κ2) is 19.1. The Labute approximate surface area is 298 Å². The largest absolute Gasteiger partial charge is 0.447 e. The minimum absolute atomic E-state index is 0.00192. The SMILES string of the molecule is COC1C(OC(=O)N[C@@H](COC(=O)NCCCCCCNC(=O)CNC(=O)[C@@H](N)C(C)C)C(C)C)CC[C@]2(CO2)C1C1(C)O[C@@H]1CC=C(C)C. The van der Waals surface area contributed by atoms with E-state index >= 15 is 0 Å². The van der Waals surface area contributed by atoms with Gasteiger partial charge in [-0.1, -0.05) is 52.2 Å². The number of hydrogen-bond acceptors (Lipinski definition) is 10. The van der Waals surface area contributed by atoms with Crippen LogP contribution in [0, 0.1) is 17.8 Å². The fourth-order valence-electron chi connectivity index (χ4n) is 6.68. The number of allylic oxidation sites excluding steroid dienone is 1. The normalized spacial score (nSPS) is 28.0. The van der Waals surface area contributed by atoms with E-state index < -0.39 is 36.0 Å². The lowest BCUT2D eigenvalue weighted by atomic mass is 9.68. The average Bonchev–Trinajstić information content (AvgIpc) is 3.98. The van der Waals surface area contributed by atoms with Crippen LogP contribution >= 0.6 is 0 Å². The van der Waals surface area contributed by atoms with Crippen molar-refractivity contribution in [1.82, 2.24) is 21.3 Å². The van der Waals surface area contributed by atoms with Crippen LogP contribution in [0.5, 0.6) is 0 Å². The number of methoxy groups -OCH3 is 1. The van der Waals surface area contributed by atoms with E-state index in [1.165, 1.54) is 5.57 Å². The molecule has 2 aliphatic heterocycles. The predicted molar refractivity (Wildman–Crippen MR) is 188 cm³/mol. The van der Waals surface area contributed by atoms with E-state index in [1.54, 1.807) is 7.11 Å². The van der Waals surface area contributed by atoms with E-state index in [0.29, 0.717) is 26.1 Å². The lowest BCUT2D eigenvalue weighted by Crippen LogP contribution is -2.56. The zero-order valence-electron chi connectivity index (χ0n) is 31.4. The second-order valence-corrected chi connectivity index (χ2v) is 15.1. The number of ether oxygens (including phenoxy) is 5. The van der Waals surface area contributed by atoms with Crippen LogP contribution in [-0.4, -0.2) is 106 Å². The summed E-state index contributed by atoms with van der Waals surface area (Å²) in [5.74, 6) is -0.689. The number of amides is 4. The fraction of sp³-hybridized carbons (Fsp3) is 0.833. The average molecular weight is 710 g/mol. The van der Waals surface area contributed by atoms with Crippen molar-refractivity contribution in [1.29, 1.82) is 0 Å². The first-order valence-electron chi connectivity index (χ1n) is 18.3. The predicted octanol–water partition coefficient (Wildman–Crippen LogP) is 3.32. The van der Waals surface area contributed by atoms with Crippen molar-refractivity contribution in [3.05, 3.63) is 11.6 Å². The Morgan fingerprint density at radius 3 is 2.20 bits per heavy atom. The van der Waals surface area contributed by atoms with Crippen LogP contribution in [0.4, 0.5) is 9.59 Å². The number of epoxide rings is 2. The molecule has 2 heterocycles. The first kappa shape index (κ1) is 41.5. The van der Waals surface area contributed by atoms with Crippen LogP contribution in [0.3, 0.4) is 0 Å². The highest BCUT2D eigenvalue weighted by molar-refractivity contribution is 5.87. The summed E-state index contributed by atoms with van der Waals surface area (Å²) < 4.78 is 29.6. The monoisotopic (exact) mass is 709 g/mol. The van der Waals surface area contributed by atoms with Crippen LogP contribution in [0.2, 0.25) is 0 Å². The number of nitrogens with two attached hydrogens (primary N) is 1. The summed E-state index contributed by atoms with van der Waals surface area (Å²) in [7, 11) is 1.64. The van der Waals surface area contributed by atoms with E-state index in [1.807, 2.05) is 27.7 Å². The number of unbranched alkanes of at least 4 members (excludes halogenated alkanes) is 3. The molecule has 4 unspecified atom stereocenters. The molecule has 3 aliphatic rings. The van der Waals surface area contributed by atoms with Crippen molar-refractivity contribution in [2.45, 2.75) is 135 Å². The standard InChI is InChI=1S/C36H63N5O9/c1-22(2)13-14-27-35(7,50-27)31-30(46-8)26(15-16-36(31)21-48-36)49-34(45)41-25(23(3)4)20-47-33(44)39-18-12-10-9-11-17-38-28(42)19-40-32(43)29(37)24(5)6/h13,23-27,29-31H,9-12,14-21,37H2,1-8H3,(H,38,42)(H,39,44)(H,40,43)(H,41,45)/t25-,26?,27+,29-,30?,31?,35?,36-/m0/s1. The van der Waals surface area contributed by atoms with E-state index in [-0.39, 0.29) is 60.5 Å². The van der Waals surface area contributed by atoms with Crippen molar-refractivity contribution >= 4 is 24.0 Å². The van der Waals surface area contributed by atoms with Gasteiger partial charge in [0.1, 0.15) is 30.0 Å². The van der Waals surface area contributed by atoms with E-state index in [0.717, 1.165) is 38.5 Å². The van der Waals surface area contributed by atoms with Gasteiger partial charge in [-0.25, -0.2) is 9.59 Å². The van der Waals surface area contributed by atoms with Gasteiger partial charge >= 0.3 is 12.2 Å². The van der Waals surface area contributed by atoms with Gasteiger partial charge in [0.2, 0.25) is 11.8 Å². The van der Waals surface area contributed by atoms with E-state index in [2.05, 4.69) is 48.1 Å². The van der Waals surface area contributed by atoms with Crippen molar-refractivity contribution in [2.24, 2.45) is 23.5 Å². The molecule has 6 N–H and O–H groups in total. The van der Waals surface area contributed by atoms with Crippen molar-refractivity contribution < 1.29 is 42.9 Å². The Hall–Kier alpha value is -2.94. The van der Waals surface area contributed by atoms with Crippen LogP contribution in [0.15, 0.2) is 11.6 Å². The molecule has 3 fully saturated rings. The van der Waals surface area contributed by atoms with Gasteiger partial charge in [-0.15, -0.1) is 0 Å². The summed E-state index contributed by atoms with van der Waals surface area (Å²) >= 11 is 0. The van der Waals surface area contributed by atoms with Gasteiger partial charge in [-0.05, 0) is 64.7 Å². The first-order valence-corrected chi connectivity index (χ1v) is 18.3. The lowest BCUT2D eigenvalue weighted by molar-refractivity contribution is -0.127. The molecule has 1 aliphatic carbocycles. The number of rotatable bonds is 20. The van der Waals surface area contributed by atoms with Crippen molar-refractivity contribution in [3.8, 4) is 0 Å². The third kappa shape index (κ3) is 12.1. The van der Waals surface area contributed by atoms with Gasteiger partial charge in [-0.2, -0.15) is 0 Å².